The molecule has 0 spiro atoms. The van der Waals surface area contributed by atoms with E-state index in [1.54, 1.807) is 24.3 Å². The second kappa shape index (κ2) is 12.3. The van der Waals surface area contributed by atoms with Crippen molar-refractivity contribution in [3.63, 3.8) is 0 Å². The number of ether oxygens (including phenoxy) is 3. The van der Waals surface area contributed by atoms with Gasteiger partial charge in [0.1, 0.15) is 14.9 Å². The van der Waals surface area contributed by atoms with E-state index in [1.165, 1.54) is 62.8 Å². The van der Waals surface area contributed by atoms with Gasteiger partial charge >= 0.3 is 0 Å². The van der Waals surface area contributed by atoms with E-state index in [4.69, 9.17) is 42.7 Å². The number of nitrogens with zero attached hydrogens (tertiary/aromatic N) is 3. The molecule has 0 bridgehead atoms. The second-order valence-corrected chi connectivity index (χ2v) is 12.2. The Bertz CT molecular complexity index is 1630. The first kappa shape index (κ1) is 28.8. The molecular weight excluding hydrogens is 603 g/mol. The summed E-state index contributed by atoms with van der Waals surface area (Å²) in [5.74, 6) is 1.71. The van der Waals surface area contributed by atoms with Gasteiger partial charge in [-0.3, -0.25) is 0 Å². The summed E-state index contributed by atoms with van der Waals surface area (Å²) in [7, 11) is 0.332. The van der Waals surface area contributed by atoms with Gasteiger partial charge in [0.15, 0.2) is 17.7 Å². The van der Waals surface area contributed by atoms with E-state index in [9.17, 15) is 8.42 Å². The number of methoxy groups -OCH3 is 3. The van der Waals surface area contributed by atoms with Gasteiger partial charge in [-0.2, -0.15) is 5.26 Å². The molecule has 1 heterocycles. The highest BCUT2D eigenvalue weighted by Crippen LogP contribution is 2.42. The Kier molecular flexibility index (Phi) is 9.09. The maximum atomic E-state index is 13.0. The highest BCUT2D eigenvalue weighted by molar-refractivity contribution is 7.99. The minimum Gasteiger partial charge on any atom is -0.493 e. The molecule has 4 aromatic rings. The van der Waals surface area contributed by atoms with Crippen molar-refractivity contribution in [2.45, 2.75) is 15.5 Å². The van der Waals surface area contributed by atoms with E-state index >= 15 is 0 Å². The van der Waals surface area contributed by atoms with Gasteiger partial charge in [-0.25, -0.2) is 13.1 Å². The van der Waals surface area contributed by atoms with Crippen LogP contribution in [-0.2, 0) is 15.8 Å². The fraction of sp³-hybridized carbons (Fsp3) is 0.160. The van der Waals surface area contributed by atoms with Crippen molar-refractivity contribution in [1.82, 2.24) is 14.9 Å². The van der Waals surface area contributed by atoms with Crippen LogP contribution < -0.4 is 18.9 Å². The minimum absolute atomic E-state index is 0.121. The summed E-state index contributed by atoms with van der Waals surface area (Å²) in [6.45, 7) is 0. The molecule has 4 rings (SSSR count). The number of hydrogen-bond acceptors (Lipinski definition) is 10. The Hall–Kier alpha value is -3.21. The maximum Gasteiger partial charge on any atom is 0.271 e. The van der Waals surface area contributed by atoms with Crippen molar-refractivity contribution in [1.29, 1.82) is 5.26 Å². The maximum absolute atomic E-state index is 13.0. The summed E-state index contributed by atoms with van der Waals surface area (Å²) in [4.78, 5) is 0.215. The topological polar surface area (TPSA) is 123 Å². The van der Waals surface area contributed by atoms with Crippen LogP contribution >= 0.6 is 46.3 Å². The molecule has 0 aliphatic heterocycles. The first-order valence-corrected chi connectivity index (χ1v) is 15.0. The molecular formula is C25H20Cl2N4O5S3. The van der Waals surface area contributed by atoms with Crippen LogP contribution in [0.15, 0.2) is 58.3 Å². The van der Waals surface area contributed by atoms with Crippen molar-refractivity contribution >= 4 is 56.3 Å². The molecule has 1 aromatic heterocycles. The Morgan fingerprint density at radius 3 is 2.21 bits per heavy atom. The lowest BCUT2D eigenvalue weighted by Gasteiger charge is -2.15. The average Bonchev–Trinajstić information content (AvgIpc) is 3.41. The predicted octanol–water partition coefficient (Wildman–Crippen LogP) is 6.26. The molecule has 0 fully saturated rings. The number of nitriles is 1. The number of benzene rings is 3. The van der Waals surface area contributed by atoms with E-state index in [2.05, 4.69) is 10.2 Å². The van der Waals surface area contributed by atoms with Crippen molar-refractivity contribution in [2.75, 3.05) is 21.3 Å². The summed E-state index contributed by atoms with van der Waals surface area (Å²) in [6, 6.07) is 13.6. The van der Waals surface area contributed by atoms with E-state index < -0.39 is 10.0 Å². The number of thioether (sulfide) groups is 1. The quantitative estimate of drug-likeness (QED) is 0.124. The van der Waals surface area contributed by atoms with Gasteiger partial charge < -0.3 is 14.2 Å². The lowest BCUT2D eigenvalue weighted by molar-refractivity contribution is 0.324. The van der Waals surface area contributed by atoms with E-state index in [-0.39, 0.29) is 9.92 Å². The molecule has 0 saturated heterocycles. The molecule has 0 radical (unpaired) electrons. The van der Waals surface area contributed by atoms with Gasteiger partial charge in [0, 0.05) is 26.8 Å². The average molecular weight is 624 g/mol. The van der Waals surface area contributed by atoms with Crippen LogP contribution in [0.5, 0.6) is 17.2 Å². The third-order valence-electron chi connectivity index (χ3n) is 5.37. The highest BCUT2D eigenvalue weighted by atomic mass is 35.5. The normalized spacial score (nSPS) is 11.1. The summed E-state index contributed by atoms with van der Waals surface area (Å²) in [5.41, 5.74) is 1.95. The third-order valence-corrected chi connectivity index (χ3v) is 9.47. The zero-order valence-corrected chi connectivity index (χ0v) is 24.7. The highest BCUT2D eigenvalue weighted by Gasteiger charge is 2.24. The van der Waals surface area contributed by atoms with Crippen molar-refractivity contribution < 1.29 is 22.6 Å². The zero-order valence-electron chi connectivity index (χ0n) is 20.7. The number of rotatable bonds is 10. The third kappa shape index (κ3) is 6.34. The summed E-state index contributed by atoms with van der Waals surface area (Å²) >= 11 is 15.1. The van der Waals surface area contributed by atoms with Crippen molar-refractivity contribution in [2.24, 2.45) is 0 Å². The molecule has 202 valence electrons. The molecule has 0 atom stereocenters. The Morgan fingerprint density at radius 1 is 0.974 bits per heavy atom. The van der Waals surface area contributed by atoms with Gasteiger partial charge in [0.05, 0.1) is 26.4 Å². The Morgan fingerprint density at radius 2 is 1.62 bits per heavy atom. The molecule has 39 heavy (non-hydrogen) atoms. The minimum atomic E-state index is -4.20. The lowest BCUT2D eigenvalue weighted by Crippen LogP contribution is -2.19. The van der Waals surface area contributed by atoms with E-state index in [0.717, 1.165) is 11.1 Å². The number of nitrogens with one attached hydrogen (secondary N) is 1. The monoisotopic (exact) mass is 622 g/mol. The molecule has 0 aliphatic carbocycles. The largest absolute Gasteiger partial charge is 0.493 e. The Labute approximate surface area is 243 Å². The number of halogens is 2. The summed E-state index contributed by atoms with van der Waals surface area (Å²) in [5, 5.41) is 19.4. The molecule has 1 N–H and O–H groups in total. The van der Waals surface area contributed by atoms with Gasteiger partial charge in [0.25, 0.3) is 10.0 Å². The lowest BCUT2D eigenvalue weighted by atomic mass is 10.2. The van der Waals surface area contributed by atoms with Gasteiger partial charge in [-0.1, -0.05) is 46.7 Å². The second-order valence-electron chi connectivity index (χ2n) is 7.74. The summed E-state index contributed by atoms with van der Waals surface area (Å²) in [6.07, 6.45) is 1.49. The first-order valence-electron chi connectivity index (χ1n) is 11.0. The van der Waals surface area contributed by atoms with Crippen LogP contribution in [0.3, 0.4) is 0 Å². The van der Waals surface area contributed by atoms with Crippen molar-refractivity contribution in [3.05, 3.63) is 64.1 Å². The van der Waals surface area contributed by atoms with Crippen LogP contribution in [0, 0.1) is 11.5 Å². The first-order chi connectivity index (χ1) is 18.7. The SMILES string of the molecule is COc1cc(CSc2cc(Cl)c(-c3nnc(-c4ccc(Cl)cc4)s3)cc2S(=O)(=O)NC#N)cc(OC)c1OC. The molecule has 14 heteroatoms. The van der Waals surface area contributed by atoms with E-state index in [0.29, 0.717) is 48.5 Å². The molecule has 0 unspecified atom stereocenters. The Balaban J connectivity index is 1.73. The number of sulfonamides is 1. The van der Waals surface area contributed by atoms with Gasteiger partial charge in [0.2, 0.25) is 5.75 Å². The van der Waals surface area contributed by atoms with Gasteiger partial charge in [-0.15, -0.1) is 22.0 Å². The zero-order chi connectivity index (χ0) is 28.2. The molecule has 0 amide bonds. The van der Waals surface area contributed by atoms with Crippen LogP contribution in [0.25, 0.3) is 21.1 Å². The van der Waals surface area contributed by atoms with Gasteiger partial charge in [-0.05, 0) is 42.0 Å². The van der Waals surface area contributed by atoms with Crippen LogP contribution in [0.2, 0.25) is 10.0 Å². The van der Waals surface area contributed by atoms with Crippen LogP contribution in [-0.4, -0.2) is 39.9 Å². The molecule has 9 nitrogen and oxygen atoms in total. The molecule has 3 aromatic carbocycles. The van der Waals surface area contributed by atoms with Crippen LogP contribution in [0.1, 0.15) is 5.56 Å². The molecule has 0 saturated carbocycles. The molecule has 0 aliphatic rings. The fourth-order valence-electron chi connectivity index (χ4n) is 3.56. The van der Waals surface area contributed by atoms with Crippen LogP contribution in [0.4, 0.5) is 0 Å². The number of hydrogen-bond donors (Lipinski definition) is 1. The predicted molar refractivity (Wildman–Crippen MR) is 152 cm³/mol. The smallest absolute Gasteiger partial charge is 0.271 e. The fourth-order valence-corrected chi connectivity index (χ4v) is 7.16. The standard InChI is InChI=1S/C25H20Cl2N4O5S3/c1-34-19-8-14(9-20(35-2)23(19)36-3)12-37-21-11-18(27)17(10-22(21)39(32,33)29-13-28)25-31-30-24(38-25)15-4-6-16(26)7-5-15/h4-11,29H,12H2,1-3H3. The van der Waals surface area contributed by atoms with Crippen molar-refractivity contribution in [3.8, 4) is 44.6 Å². The summed E-state index contributed by atoms with van der Waals surface area (Å²) < 4.78 is 44.1. The number of aromatic nitrogens is 2. The van der Waals surface area contributed by atoms with E-state index in [1.807, 2.05) is 16.9 Å².